The molecule has 2 N–H and O–H groups in total. The van der Waals surface area contributed by atoms with Crippen molar-refractivity contribution in [1.29, 1.82) is 5.26 Å². The third kappa shape index (κ3) is 4.25. The summed E-state index contributed by atoms with van der Waals surface area (Å²) in [6, 6.07) is 2.51. The van der Waals surface area contributed by atoms with Crippen molar-refractivity contribution in [2.45, 2.75) is 52.4 Å². The molecule has 4 rings (SSSR count). The largest absolute Gasteiger partial charge is 0.338 e. The minimum Gasteiger partial charge on any atom is -0.338 e. The number of carbonyl (C=O) groups excluding carboxylic acids is 1. The Morgan fingerprint density at radius 1 is 1.10 bits per heavy atom. The molecule has 0 bridgehead atoms. The standard InChI is InChI=1S/C23H33N5O/c1-17(2)14-21-19-7-5-6-18(19)20(15-24)23(25-21)28-12-10-26(11-13-28)16-22(29)27-8-3-4-9-27/h17H,3-14,16H2,1-2H3/p+2. The van der Waals surface area contributed by atoms with Gasteiger partial charge in [-0.1, -0.05) is 13.8 Å². The van der Waals surface area contributed by atoms with E-state index < -0.39 is 0 Å². The fraction of sp³-hybridized carbons (Fsp3) is 0.696. The van der Waals surface area contributed by atoms with E-state index in [0.29, 0.717) is 18.4 Å². The summed E-state index contributed by atoms with van der Waals surface area (Å²) in [7, 11) is 0. The highest BCUT2D eigenvalue weighted by atomic mass is 16.2. The summed E-state index contributed by atoms with van der Waals surface area (Å²) in [6.07, 6.45) is 6.62. The predicted octanol–water partition coefficient (Wildman–Crippen LogP) is 0.387. The molecular weight excluding hydrogens is 362 g/mol. The summed E-state index contributed by atoms with van der Waals surface area (Å²) >= 11 is 0. The van der Waals surface area contributed by atoms with E-state index in [1.54, 1.807) is 0 Å². The fourth-order valence-corrected chi connectivity index (χ4v) is 5.23. The molecule has 1 aromatic rings. The Kier molecular flexibility index (Phi) is 6.05. The number of amides is 1. The van der Waals surface area contributed by atoms with Crippen LogP contribution in [-0.2, 0) is 24.1 Å². The Balaban J connectivity index is 1.48. The van der Waals surface area contributed by atoms with Crippen LogP contribution in [0.4, 0.5) is 5.82 Å². The first kappa shape index (κ1) is 20.2. The van der Waals surface area contributed by atoms with Crippen molar-refractivity contribution in [3.63, 3.8) is 0 Å². The second-order valence-electron chi connectivity index (χ2n) is 9.35. The van der Waals surface area contributed by atoms with E-state index in [1.165, 1.54) is 21.7 Å². The van der Waals surface area contributed by atoms with Gasteiger partial charge >= 0.3 is 0 Å². The minimum absolute atomic E-state index is 0.312. The van der Waals surface area contributed by atoms with Crippen LogP contribution in [0.5, 0.6) is 0 Å². The summed E-state index contributed by atoms with van der Waals surface area (Å²) in [4.78, 5) is 21.9. The summed E-state index contributed by atoms with van der Waals surface area (Å²) in [5, 5.41) is 9.93. The summed E-state index contributed by atoms with van der Waals surface area (Å²) in [5.74, 6) is 1.93. The molecule has 6 heteroatoms. The molecule has 1 aliphatic carbocycles. The van der Waals surface area contributed by atoms with Crippen LogP contribution in [0, 0.1) is 17.2 Å². The zero-order chi connectivity index (χ0) is 20.4. The molecule has 0 atom stereocenters. The summed E-state index contributed by atoms with van der Waals surface area (Å²) < 4.78 is 0. The number of pyridine rings is 1. The van der Waals surface area contributed by atoms with E-state index in [9.17, 15) is 10.1 Å². The summed E-state index contributed by atoms with van der Waals surface area (Å²) in [5.41, 5.74) is 4.89. The Labute approximate surface area is 174 Å². The van der Waals surface area contributed by atoms with E-state index in [4.69, 9.17) is 0 Å². The normalized spacial score (nSPS) is 19.7. The van der Waals surface area contributed by atoms with E-state index in [2.05, 4.69) is 29.8 Å². The van der Waals surface area contributed by atoms with E-state index >= 15 is 0 Å². The van der Waals surface area contributed by atoms with Crippen molar-refractivity contribution in [2.75, 3.05) is 50.7 Å². The maximum atomic E-state index is 12.5. The number of anilines is 1. The van der Waals surface area contributed by atoms with Crippen LogP contribution in [0.3, 0.4) is 0 Å². The average Bonchev–Trinajstić information content (AvgIpc) is 3.40. The number of H-pyrrole nitrogens is 1. The smallest absolute Gasteiger partial charge is 0.293 e. The second kappa shape index (κ2) is 8.71. The van der Waals surface area contributed by atoms with Crippen molar-refractivity contribution in [3.8, 4) is 6.07 Å². The first-order valence-electron chi connectivity index (χ1n) is 11.4. The summed E-state index contributed by atoms with van der Waals surface area (Å²) in [6.45, 7) is 10.7. The van der Waals surface area contributed by atoms with Crippen LogP contribution in [-0.4, -0.2) is 56.6 Å². The number of aromatic nitrogens is 1. The number of fused-ring (bicyclic) bond motifs is 1. The lowest BCUT2D eigenvalue weighted by molar-refractivity contribution is -0.892. The molecule has 0 spiro atoms. The number of hydrogen-bond donors (Lipinski definition) is 1. The first-order valence-corrected chi connectivity index (χ1v) is 11.4. The monoisotopic (exact) mass is 397 g/mol. The highest BCUT2D eigenvalue weighted by Gasteiger charge is 2.34. The Hall–Kier alpha value is -2.13. The average molecular weight is 398 g/mol. The molecule has 156 valence electrons. The molecule has 0 saturated carbocycles. The zero-order valence-electron chi connectivity index (χ0n) is 18.0. The lowest BCUT2D eigenvalue weighted by atomic mass is 9.97. The molecular formula is C23H35N5O+2. The molecule has 3 heterocycles. The van der Waals surface area contributed by atoms with Gasteiger partial charge in [0.1, 0.15) is 43.5 Å². The molecule has 1 aromatic heterocycles. The minimum atomic E-state index is 0.312. The van der Waals surface area contributed by atoms with E-state index in [1.807, 2.05) is 4.90 Å². The van der Waals surface area contributed by atoms with Crippen molar-refractivity contribution < 1.29 is 14.7 Å². The van der Waals surface area contributed by atoms with Crippen molar-refractivity contribution in [2.24, 2.45) is 5.92 Å². The van der Waals surface area contributed by atoms with Crippen LogP contribution >= 0.6 is 0 Å². The van der Waals surface area contributed by atoms with E-state index in [-0.39, 0.29) is 0 Å². The SMILES string of the molecule is CC(C)Cc1[nH+]c(N2CC[NH+](CC(=O)N3CCCC3)CC2)c(C#N)c2c1CCC2. The third-order valence-electron chi connectivity index (χ3n) is 6.76. The van der Waals surface area contributed by atoms with Gasteiger partial charge in [0.25, 0.3) is 11.7 Å². The number of piperazine rings is 1. The maximum Gasteiger partial charge on any atom is 0.293 e. The highest BCUT2D eigenvalue weighted by molar-refractivity contribution is 5.77. The number of nitrogens with one attached hydrogen (secondary N) is 2. The molecule has 2 fully saturated rings. The number of nitriles is 1. The number of carbonyl (C=O) groups is 1. The number of likely N-dealkylation sites (tertiary alicyclic amines) is 1. The molecule has 1 amide bonds. The van der Waals surface area contributed by atoms with Crippen LogP contribution in [0.2, 0.25) is 0 Å². The topological polar surface area (TPSA) is 65.9 Å². The van der Waals surface area contributed by atoms with Crippen LogP contribution in [0.25, 0.3) is 0 Å². The van der Waals surface area contributed by atoms with E-state index in [0.717, 1.165) is 89.2 Å². The predicted molar refractivity (Wildman–Crippen MR) is 112 cm³/mol. The van der Waals surface area contributed by atoms with Crippen LogP contribution < -0.4 is 14.8 Å². The Morgan fingerprint density at radius 3 is 2.45 bits per heavy atom. The molecule has 29 heavy (non-hydrogen) atoms. The molecule has 6 nitrogen and oxygen atoms in total. The van der Waals surface area contributed by atoms with Crippen molar-refractivity contribution in [3.05, 3.63) is 22.4 Å². The maximum absolute atomic E-state index is 12.5. The van der Waals surface area contributed by atoms with Gasteiger partial charge in [0, 0.05) is 19.5 Å². The van der Waals surface area contributed by atoms with Gasteiger partial charge in [-0.3, -0.25) is 4.79 Å². The first-order chi connectivity index (χ1) is 14.1. The van der Waals surface area contributed by atoms with Gasteiger partial charge in [-0.15, -0.1) is 0 Å². The lowest BCUT2D eigenvalue weighted by Gasteiger charge is -2.29. The van der Waals surface area contributed by atoms with Crippen LogP contribution in [0.1, 0.15) is 55.5 Å². The number of nitrogens with zero attached hydrogens (tertiary/aromatic N) is 3. The van der Waals surface area contributed by atoms with Crippen molar-refractivity contribution in [1.82, 2.24) is 4.90 Å². The fourth-order valence-electron chi connectivity index (χ4n) is 5.23. The molecule has 2 saturated heterocycles. The third-order valence-corrected chi connectivity index (χ3v) is 6.76. The number of aromatic amines is 1. The van der Waals surface area contributed by atoms with Gasteiger partial charge in [-0.2, -0.15) is 5.26 Å². The van der Waals surface area contributed by atoms with Gasteiger partial charge in [-0.05, 0) is 49.1 Å². The zero-order valence-corrected chi connectivity index (χ0v) is 18.0. The number of rotatable bonds is 5. The molecule has 0 unspecified atom stereocenters. The quantitative estimate of drug-likeness (QED) is 0.782. The van der Waals surface area contributed by atoms with Crippen LogP contribution in [0.15, 0.2) is 0 Å². The van der Waals surface area contributed by atoms with Gasteiger partial charge in [0.15, 0.2) is 6.54 Å². The Morgan fingerprint density at radius 2 is 1.79 bits per heavy atom. The van der Waals surface area contributed by atoms with Crippen molar-refractivity contribution >= 4 is 11.7 Å². The molecule has 3 aliphatic rings. The molecule has 2 aliphatic heterocycles. The molecule has 0 radical (unpaired) electrons. The highest BCUT2D eigenvalue weighted by Crippen LogP contribution is 2.31. The Bertz CT molecular complexity index is 798. The second-order valence-corrected chi connectivity index (χ2v) is 9.35. The number of hydrogen-bond acceptors (Lipinski definition) is 3. The van der Waals surface area contributed by atoms with Gasteiger partial charge in [0.05, 0.1) is 0 Å². The lowest BCUT2D eigenvalue weighted by Crippen LogP contribution is -3.16. The number of quaternary nitrogens is 1. The van der Waals surface area contributed by atoms with Gasteiger partial charge < -0.3 is 9.80 Å². The van der Waals surface area contributed by atoms with Gasteiger partial charge in [0.2, 0.25) is 0 Å². The van der Waals surface area contributed by atoms with Gasteiger partial charge in [-0.25, -0.2) is 9.88 Å². The molecule has 0 aromatic carbocycles.